The standard InChI is InChI=1S/C15H21N5O2/c1-4-10(2)13(16)14(21)18-11-5-7-12(8-6-11)20-15(22)19(3)9-17-20/h5-10,13H,4,16H2,1-3H3,(H,18,21)/t10-,13-/m0/s1. The van der Waals surface area contributed by atoms with Crippen LogP contribution in [0.5, 0.6) is 0 Å². The van der Waals surface area contributed by atoms with E-state index in [0.717, 1.165) is 6.42 Å². The second-order valence-corrected chi connectivity index (χ2v) is 5.38. The zero-order chi connectivity index (χ0) is 16.3. The summed E-state index contributed by atoms with van der Waals surface area (Å²) in [6, 6.07) is 6.34. The van der Waals surface area contributed by atoms with E-state index in [2.05, 4.69) is 10.4 Å². The van der Waals surface area contributed by atoms with Crippen LogP contribution in [0.4, 0.5) is 5.69 Å². The van der Waals surface area contributed by atoms with Crippen LogP contribution in [0.15, 0.2) is 35.4 Å². The number of benzene rings is 1. The predicted molar refractivity (Wildman–Crippen MR) is 84.9 cm³/mol. The average Bonchev–Trinajstić information content (AvgIpc) is 2.86. The van der Waals surface area contributed by atoms with Gasteiger partial charge in [-0.2, -0.15) is 9.78 Å². The molecule has 0 aliphatic rings. The fourth-order valence-corrected chi connectivity index (χ4v) is 1.98. The van der Waals surface area contributed by atoms with E-state index in [1.807, 2.05) is 13.8 Å². The number of aryl methyl sites for hydroxylation is 1. The normalized spacial score (nSPS) is 13.6. The number of amides is 1. The molecule has 3 N–H and O–H groups in total. The van der Waals surface area contributed by atoms with Crippen molar-refractivity contribution in [2.24, 2.45) is 18.7 Å². The first kappa shape index (κ1) is 16.0. The SMILES string of the molecule is CC[C@H](C)[C@H](N)C(=O)Nc1ccc(-n2ncn(C)c2=O)cc1. The van der Waals surface area contributed by atoms with Crippen molar-refractivity contribution >= 4 is 11.6 Å². The van der Waals surface area contributed by atoms with Crippen molar-refractivity contribution in [3.05, 3.63) is 41.1 Å². The molecule has 2 aromatic rings. The van der Waals surface area contributed by atoms with Crippen LogP contribution in [-0.4, -0.2) is 26.3 Å². The molecule has 7 nitrogen and oxygen atoms in total. The van der Waals surface area contributed by atoms with Crippen LogP contribution in [0.1, 0.15) is 20.3 Å². The first-order valence-electron chi connectivity index (χ1n) is 7.21. The summed E-state index contributed by atoms with van der Waals surface area (Å²) >= 11 is 0. The largest absolute Gasteiger partial charge is 0.350 e. The number of nitrogens with one attached hydrogen (secondary N) is 1. The maximum atomic E-state index is 12.0. The van der Waals surface area contributed by atoms with Crippen molar-refractivity contribution < 1.29 is 4.79 Å². The summed E-state index contributed by atoms with van der Waals surface area (Å²) in [6.45, 7) is 3.94. The fourth-order valence-electron chi connectivity index (χ4n) is 1.98. The Labute approximate surface area is 128 Å². The van der Waals surface area contributed by atoms with E-state index in [9.17, 15) is 9.59 Å². The molecule has 1 heterocycles. The molecule has 0 aliphatic carbocycles. The Morgan fingerprint density at radius 2 is 2.00 bits per heavy atom. The van der Waals surface area contributed by atoms with Gasteiger partial charge in [0.2, 0.25) is 5.91 Å². The zero-order valence-electron chi connectivity index (χ0n) is 13.0. The third kappa shape index (κ3) is 3.25. The minimum absolute atomic E-state index is 0.117. The highest BCUT2D eigenvalue weighted by atomic mass is 16.2. The Hall–Kier alpha value is -2.41. The number of nitrogens with zero attached hydrogens (tertiary/aromatic N) is 3. The lowest BCUT2D eigenvalue weighted by Crippen LogP contribution is -2.40. The summed E-state index contributed by atoms with van der Waals surface area (Å²) in [6.07, 6.45) is 2.29. The maximum Gasteiger partial charge on any atom is 0.350 e. The molecular formula is C15H21N5O2. The molecule has 0 spiro atoms. The second-order valence-electron chi connectivity index (χ2n) is 5.38. The lowest BCUT2D eigenvalue weighted by atomic mass is 9.99. The molecule has 1 aromatic heterocycles. The van der Waals surface area contributed by atoms with Crippen molar-refractivity contribution in [3.8, 4) is 5.69 Å². The number of carbonyl (C=O) groups excluding carboxylic acids is 1. The van der Waals surface area contributed by atoms with E-state index < -0.39 is 6.04 Å². The van der Waals surface area contributed by atoms with Crippen LogP contribution in [-0.2, 0) is 11.8 Å². The van der Waals surface area contributed by atoms with Gasteiger partial charge in [-0.1, -0.05) is 20.3 Å². The molecule has 1 amide bonds. The van der Waals surface area contributed by atoms with Crippen LogP contribution >= 0.6 is 0 Å². The van der Waals surface area contributed by atoms with Crippen LogP contribution in [0.2, 0.25) is 0 Å². The number of rotatable bonds is 5. The fraction of sp³-hybridized carbons (Fsp3) is 0.400. The molecule has 2 atom stereocenters. The summed E-state index contributed by atoms with van der Waals surface area (Å²) in [5, 5.41) is 6.78. The van der Waals surface area contributed by atoms with Crippen LogP contribution in [0.3, 0.4) is 0 Å². The third-order valence-electron chi connectivity index (χ3n) is 3.76. The molecule has 0 saturated heterocycles. The Balaban J connectivity index is 2.11. The molecule has 0 radical (unpaired) electrons. The van der Waals surface area contributed by atoms with E-state index in [1.54, 1.807) is 31.3 Å². The highest BCUT2D eigenvalue weighted by Gasteiger charge is 2.19. The van der Waals surface area contributed by atoms with Crippen molar-refractivity contribution in [3.63, 3.8) is 0 Å². The quantitative estimate of drug-likeness (QED) is 0.857. The molecule has 0 unspecified atom stereocenters. The van der Waals surface area contributed by atoms with E-state index in [4.69, 9.17) is 5.73 Å². The van der Waals surface area contributed by atoms with Gasteiger partial charge in [0.25, 0.3) is 0 Å². The monoisotopic (exact) mass is 303 g/mol. The van der Waals surface area contributed by atoms with Gasteiger partial charge < -0.3 is 11.1 Å². The van der Waals surface area contributed by atoms with Gasteiger partial charge in [0.1, 0.15) is 6.33 Å². The summed E-state index contributed by atoms with van der Waals surface area (Å²) in [7, 11) is 1.64. The number of hydrogen-bond donors (Lipinski definition) is 2. The van der Waals surface area contributed by atoms with E-state index in [-0.39, 0.29) is 17.5 Å². The topological polar surface area (TPSA) is 94.9 Å². The molecule has 0 aliphatic heterocycles. The van der Waals surface area contributed by atoms with Gasteiger partial charge in [0, 0.05) is 12.7 Å². The van der Waals surface area contributed by atoms with Crippen LogP contribution in [0.25, 0.3) is 5.69 Å². The Morgan fingerprint density at radius 1 is 1.36 bits per heavy atom. The van der Waals surface area contributed by atoms with Crippen molar-refractivity contribution in [2.45, 2.75) is 26.3 Å². The van der Waals surface area contributed by atoms with E-state index in [1.165, 1.54) is 15.6 Å². The molecule has 22 heavy (non-hydrogen) atoms. The van der Waals surface area contributed by atoms with Gasteiger partial charge in [-0.15, -0.1) is 0 Å². The molecular weight excluding hydrogens is 282 g/mol. The maximum absolute atomic E-state index is 12.0. The highest BCUT2D eigenvalue weighted by molar-refractivity contribution is 5.94. The number of nitrogens with two attached hydrogens (primary N) is 1. The molecule has 0 saturated carbocycles. The van der Waals surface area contributed by atoms with Crippen molar-refractivity contribution in [2.75, 3.05) is 5.32 Å². The second kappa shape index (κ2) is 6.57. The van der Waals surface area contributed by atoms with Gasteiger partial charge in [0.05, 0.1) is 11.7 Å². The summed E-state index contributed by atoms with van der Waals surface area (Å²) in [5.41, 5.74) is 6.94. The molecule has 1 aromatic carbocycles. The summed E-state index contributed by atoms with van der Waals surface area (Å²) in [4.78, 5) is 23.8. The molecule has 2 rings (SSSR count). The van der Waals surface area contributed by atoms with Gasteiger partial charge >= 0.3 is 5.69 Å². The number of carbonyl (C=O) groups is 1. The molecule has 7 heteroatoms. The Bertz CT molecular complexity index is 701. The average molecular weight is 303 g/mol. The van der Waals surface area contributed by atoms with Gasteiger partial charge in [-0.25, -0.2) is 4.79 Å². The number of anilines is 1. The number of hydrogen-bond acceptors (Lipinski definition) is 4. The summed E-state index contributed by atoms with van der Waals surface area (Å²) < 4.78 is 2.68. The minimum atomic E-state index is -0.539. The van der Waals surface area contributed by atoms with Crippen LogP contribution < -0.4 is 16.7 Å². The zero-order valence-corrected chi connectivity index (χ0v) is 13.0. The first-order chi connectivity index (χ1) is 10.4. The van der Waals surface area contributed by atoms with Gasteiger partial charge in [0.15, 0.2) is 0 Å². The van der Waals surface area contributed by atoms with E-state index in [0.29, 0.717) is 11.4 Å². The van der Waals surface area contributed by atoms with Crippen molar-refractivity contribution in [1.82, 2.24) is 14.3 Å². The first-order valence-corrected chi connectivity index (χ1v) is 7.21. The lowest BCUT2D eigenvalue weighted by molar-refractivity contribution is -0.118. The highest BCUT2D eigenvalue weighted by Crippen LogP contribution is 2.13. The van der Waals surface area contributed by atoms with Gasteiger partial charge in [-0.3, -0.25) is 9.36 Å². The molecule has 0 fully saturated rings. The molecule has 0 bridgehead atoms. The lowest BCUT2D eigenvalue weighted by Gasteiger charge is -2.17. The minimum Gasteiger partial charge on any atom is -0.325 e. The van der Waals surface area contributed by atoms with E-state index >= 15 is 0 Å². The van der Waals surface area contributed by atoms with Crippen molar-refractivity contribution in [1.29, 1.82) is 0 Å². The summed E-state index contributed by atoms with van der Waals surface area (Å²) in [5.74, 6) is -0.0940. The third-order valence-corrected chi connectivity index (χ3v) is 3.76. The predicted octanol–water partition coefficient (Wildman–Crippen LogP) is 0.883. The number of aromatic nitrogens is 3. The Kier molecular flexibility index (Phi) is 4.77. The van der Waals surface area contributed by atoms with Gasteiger partial charge in [-0.05, 0) is 30.2 Å². The Morgan fingerprint density at radius 3 is 2.50 bits per heavy atom. The molecule has 118 valence electrons. The van der Waals surface area contributed by atoms with Crippen LogP contribution in [0, 0.1) is 5.92 Å². The smallest absolute Gasteiger partial charge is 0.325 e.